The van der Waals surface area contributed by atoms with Gasteiger partial charge < -0.3 is 5.32 Å². The van der Waals surface area contributed by atoms with Gasteiger partial charge in [0.15, 0.2) is 0 Å². The first kappa shape index (κ1) is 13.9. The zero-order valence-corrected chi connectivity index (χ0v) is 12.4. The average molecular weight is 270 g/mol. The Morgan fingerprint density at radius 1 is 1.44 bits per heavy atom. The lowest BCUT2D eigenvalue weighted by Crippen LogP contribution is -2.32. The predicted molar refractivity (Wildman–Crippen MR) is 76.2 cm³/mol. The minimum Gasteiger partial charge on any atom is -0.317 e. The number of halogens is 1. The monoisotopic (exact) mass is 269 g/mol. The quantitative estimate of drug-likeness (QED) is 0.910. The van der Waals surface area contributed by atoms with Crippen LogP contribution in [0.5, 0.6) is 0 Å². The average Bonchev–Trinajstić information content (AvgIpc) is 2.67. The molecule has 0 spiro atoms. The SMILES string of the molecule is CCn1nc(C)c(Cl)c1CC1CCCC(NC)C1. The number of hydrogen-bond donors (Lipinski definition) is 1. The number of nitrogens with zero attached hydrogens (tertiary/aromatic N) is 2. The maximum absolute atomic E-state index is 6.38. The zero-order chi connectivity index (χ0) is 13.1. The summed E-state index contributed by atoms with van der Waals surface area (Å²) in [5, 5.41) is 8.79. The van der Waals surface area contributed by atoms with Crippen LogP contribution in [0.4, 0.5) is 0 Å². The summed E-state index contributed by atoms with van der Waals surface area (Å²) >= 11 is 6.38. The first-order valence-electron chi connectivity index (χ1n) is 7.04. The Kier molecular flexibility index (Phi) is 4.68. The molecule has 0 aromatic carbocycles. The van der Waals surface area contributed by atoms with Crippen molar-refractivity contribution in [3.05, 3.63) is 16.4 Å². The summed E-state index contributed by atoms with van der Waals surface area (Å²) in [4.78, 5) is 0. The predicted octanol–water partition coefficient (Wildman–Crippen LogP) is 3.19. The molecular weight excluding hydrogens is 246 g/mol. The van der Waals surface area contributed by atoms with Crippen LogP contribution < -0.4 is 5.32 Å². The van der Waals surface area contributed by atoms with Gasteiger partial charge in [-0.1, -0.05) is 18.0 Å². The van der Waals surface area contributed by atoms with E-state index >= 15 is 0 Å². The van der Waals surface area contributed by atoms with Gasteiger partial charge in [-0.05, 0) is 52.5 Å². The fraction of sp³-hybridized carbons (Fsp3) is 0.786. The minimum absolute atomic E-state index is 0.682. The van der Waals surface area contributed by atoms with E-state index in [4.69, 9.17) is 11.6 Å². The Morgan fingerprint density at radius 2 is 2.22 bits per heavy atom. The molecule has 1 aliphatic rings. The molecule has 1 saturated carbocycles. The van der Waals surface area contributed by atoms with Crippen LogP contribution in [0.2, 0.25) is 5.02 Å². The van der Waals surface area contributed by atoms with E-state index in [1.165, 1.54) is 31.4 Å². The molecule has 2 atom stereocenters. The third-order valence-electron chi connectivity index (χ3n) is 4.13. The standard InChI is InChI=1S/C14H24ClN3/c1-4-18-13(14(15)10(2)17-18)9-11-6-5-7-12(8-11)16-3/h11-12,16H,4-9H2,1-3H3. The summed E-state index contributed by atoms with van der Waals surface area (Å²) in [5.74, 6) is 0.745. The van der Waals surface area contributed by atoms with Crippen molar-refractivity contribution >= 4 is 11.6 Å². The third-order valence-corrected chi connectivity index (χ3v) is 4.62. The molecule has 3 nitrogen and oxygen atoms in total. The summed E-state index contributed by atoms with van der Waals surface area (Å²) in [5.41, 5.74) is 2.20. The molecule has 18 heavy (non-hydrogen) atoms. The molecular formula is C14H24ClN3. The highest BCUT2D eigenvalue weighted by molar-refractivity contribution is 6.31. The van der Waals surface area contributed by atoms with E-state index in [1.807, 2.05) is 6.92 Å². The van der Waals surface area contributed by atoms with Crippen molar-refractivity contribution in [3.63, 3.8) is 0 Å². The van der Waals surface area contributed by atoms with Crippen molar-refractivity contribution in [1.29, 1.82) is 0 Å². The Hall–Kier alpha value is -0.540. The molecule has 0 radical (unpaired) electrons. The summed E-state index contributed by atoms with van der Waals surface area (Å²) in [6.07, 6.45) is 6.30. The molecule has 0 saturated heterocycles. The molecule has 0 aliphatic heterocycles. The Balaban J connectivity index is 2.08. The summed E-state index contributed by atoms with van der Waals surface area (Å²) in [6.45, 7) is 5.03. The molecule has 1 aromatic rings. The van der Waals surface area contributed by atoms with Crippen LogP contribution in [0.15, 0.2) is 0 Å². The van der Waals surface area contributed by atoms with Crippen LogP contribution in [0.1, 0.15) is 44.0 Å². The van der Waals surface area contributed by atoms with E-state index in [-0.39, 0.29) is 0 Å². The molecule has 1 N–H and O–H groups in total. The van der Waals surface area contributed by atoms with E-state index in [0.29, 0.717) is 6.04 Å². The molecule has 2 rings (SSSR count). The summed E-state index contributed by atoms with van der Waals surface area (Å²) in [6, 6.07) is 0.682. The van der Waals surface area contributed by atoms with E-state index in [9.17, 15) is 0 Å². The first-order chi connectivity index (χ1) is 8.65. The zero-order valence-electron chi connectivity index (χ0n) is 11.7. The van der Waals surface area contributed by atoms with E-state index in [2.05, 4.69) is 29.1 Å². The van der Waals surface area contributed by atoms with Gasteiger partial charge in [-0.3, -0.25) is 4.68 Å². The van der Waals surface area contributed by atoms with Crippen LogP contribution in [0.25, 0.3) is 0 Å². The number of aromatic nitrogens is 2. The number of hydrogen-bond acceptors (Lipinski definition) is 2. The molecule has 1 aromatic heterocycles. The third kappa shape index (κ3) is 2.89. The molecule has 2 unspecified atom stereocenters. The smallest absolute Gasteiger partial charge is 0.0847 e. The van der Waals surface area contributed by atoms with Crippen molar-refractivity contribution in [2.24, 2.45) is 5.92 Å². The molecule has 1 fully saturated rings. The molecule has 102 valence electrons. The van der Waals surface area contributed by atoms with Gasteiger partial charge in [0.05, 0.1) is 16.4 Å². The van der Waals surface area contributed by atoms with Crippen LogP contribution in [0.3, 0.4) is 0 Å². The fourth-order valence-corrected chi connectivity index (χ4v) is 3.29. The summed E-state index contributed by atoms with van der Waals surface area (Å²) < 4.78 is 2.07. The minimum atomic E-state index is 0.682. The number of rotatable bonds is 4. The molecule has 0 amide bonds. The van der Waals surface area contributed by atoms with Crippen LogP contribution in [-0.2, 0) is 13.0 Å². The lowest BCUT2D eigenvalue weighted by atomic mass is 9.83. The largest absolute Gasteiger partial charge is 0.317 e. The normalized spacial score (nSPS) is 24.4. The lowest BCUT2D eigenvalue weighted by Gasteiger charge is -2.29. The second-order valence-electron chi connectivity index (χ2n) is 5.38. The van der Waals surface area contributed by atoms with Crippen molar-refractivity contribution < 1.29 is 0 Å². The maximum atomic E-state index is 6.38. The van der Waals surface area contributed by atoms with Crippen molar-refractivity contribution in [1.82, 2.24) is 15.1 Å². The van der Waals surface area contributed by atoms with Gasteiger partial charge in [0.25, 0.3) is 0 Å². The van der Waals surface area contributed by atoms with Gasteiger partial charge in [-0.2, -0.15) is 5.10 Å². The molecule has 1 heterocycles. The number of nitrogens with one attached hydrogen (secondary N) is 1. The highest BCUT2D eigenvalue weighted by Crippen LogP contribution is 2.30. The van der Waals surface area contributed by atoms with Crippen LogP contribution in [0, 0.1) is 12.8 Å². The van der Waals surface area contributed by atoms with Crippen molar-refractivity contribution in [2.45, 2.75) is 58.5 Å². The van der Waals surface area contributed by atoms with E-state index < -0.39 is 0 Å². The number of aryl methyl sites for hydroxylation is 2. The van der Waals surface area contributed by atoms with Gasteiger partial charge in [0, 0.05) is 12.6 Å². The highest BCUT2D eigenvalue weighted by atomic mass is 35.5. The molecule has 0 bridgehead atoms. The van der Waals surface area contributed by atoms with Crippen molar-refractivity contribution in [2.75, 3.05) is 7.05 Å². The van der Waals surface area contributed by atoms with Crippen LogP contribution >= 0.6 is 11.6 Å². The molecule has 4 heteroatoms. The fourth-order valence-electron chi connectivity index (χ4n) is 3.08. The Labute approximate surface area is 115 Å². The van der Waals surface area contributed by atoms with Gasteiger partial charge in [0.2, 0.25) is 0 Å². The van der Waals surface area contributed by atoms with Gasteiger partial charge in [-0.15, -0.1) is 0 Å². The van der Waals surface area contributed by atoms with Crippen molar-refractivity contribution in [3.8, 4) is 0 Å². The van der Waals surface area contributed by atoms with Gasteiger partial charge in [0.1, 0.15) is 0 Å². The van der Waals surface area contributed by atoms with Gasteiger partial charge in [-0.25, -0.2) is 0 Å². The topological polar surface area (TPSA) is 29.9 Å². The maximum Gasteiger partial charge on any atom is 0.0847 e. The second-order valence-corrected chi connectivity index (χ2v) is 5.76. The first-order valence-corrected chi connectivity index (χ1v) is 7.42. The van der Waals surface area contributed by atoms with Gasteiger partial charge >= 0.3 is 0 Å². The Morgan fingerprint density at radius 3 is 2.89 bits per heavy atom. The lowest BCUT2D eigenvalue weighted by molar-refractivity contribution is 0.290. The Bertz CT molecular complexity index is 400. The molecule has 1 aliphatic carbocycles. The van der Waals surface area contributed by atoms with E-state index in [0.717, 1.165) is 29.6 Å². The van der Waals surface area contributed by atoms with E-state index in [1.54, 1.807) is 0 Å². The van der Waals surface area contributed by atoms with Crippen LogP contribution in [-0.4, -0.2) is 22.9 Å². The highest BCUT2D eigenvalue weighted by Gasteiger charge is 2.24. The summed E-state index contributed by atoms with van der Waals surface area (Å²) in [7, 11) is 2.07. The second kappa shape index (κ2) is 6.07.